The number of hydrogen-bond donors (Lipinski definition) is 1. The largest absolute Gasteiger partial charge is 0.341 e. The number of likely N-dealkylation sites (tertiary alicyclic amines) is 1. The van der Waals surface area contributed by atoms with E-state index in [9.17, 15) is 9.59 Å². The summed E-state index contributed by atoms with van der Waals surface area (Å²) in [5.41, 5.74) is 0.547. The number of amides is 2. The van der Waals surface area contributed by atoms with Crippen LogP contribution >= 0.6 is 15.9 Å². The van der Waals surface area contributed by atoms with Crippen molar-refractivity contribution in [2.24, 2.45) is 0 Å². The Bertz CT molecular complexity index is 498. The van der Waals surface area contributed by atoms with Crippen molar-refractivity contribution in [3.63, 3.8) is 0 Å². The minimum Gasteiger partial charge on any atom is -0.341 e. The highest BCUT2D eigenvalue weighted by atomic mass is 79.9. The normalized spacial score (nSPS) is 16.6. The molecule has 1 N–H and O–H groups in total. The summed E-state index contributed by atoms with van der Waals surface area (Å²) in [6.07, 6.45) is 3.29. The molecule has 1 saturated heterocycles. The first-order valence-electron chi connectivity index (χ1n) is 6.94. The van der Waals surface area contributed by atoms with Crippen LogP contribution in [0.3, 0.4) is 0 Å². The van der Waals surface area contributed by atoms with Gasteiger partial charge in [0.05, 0.1) is 5.56 Å². The van der Waals surface area contributed by atoms with E-state index in [-0.39, 0.29) is 11.8 Å². The van der Waals surface area contributed by atoms with E-state index in [2.05, 4.69) is 21.2 Å². The zero-order chi connectivity index (χ0) is 14.5. The zero-order valence-corrected chi connectivity index (χ0v) is 13.1. The summed E-state index contributed by atoms with van der Waals surface area (Å²) in [5.74, 6) is -0.222. The lowest BCUT2D eigenvalue weighted by Crippen LogP contribution is -2.48. The highest BCUT2D eigenvalue weighted by molar-refractivity contribution is 9.10. The fourth-order valence-electron chi connectivity index (χ4n) is 2.37. The first-order valence-corrected chi connectivity index (χ1v) is 7.73. The molecule has 0 bridgehead atoms. The predicted octanol–water partition coefficient (Wildman–Crippen LogP) is 2.58. The molecule has 0 aromatic heterocycles. The molecule has 1 aromatic rings. The molecule has 1 atom stereocenters. The number of carbonyl (C=O) groups excluding carboxylic acids is 2. The molecule has 1 heterocycles. The maximum Gasteiger partial charge on any atom is 0.253 e. The van der Waals surface area contributed by atoms with Crippen LogP contribution in [0.4, 0.5) is 0 Å². The third-order valence-corrected chi connectivity index (χ3v) is 4.20. The molecule has 0 unspecified atom stereocenters. The fraction of sp³-hybridized carbons (Fsp3) is 0.467. The molecule has 1 aromatic carbocycles. The van der Waals surface area contributed by atoms with Crippen molar-refractivity contribution in [3.05, 3.63) is 34.3 Å². The molecule has 0 radical (unpaired) electrons. The monoisotopic (exact) mass is 338 g/mol. The van der Waals surface area contributed by atoms with Gasteiger partial charge >= 0.3 is 0 Å². The maximum absolute atomic E-state index is 12.2. The third kappa shape index (κ3) is 3.60. The predicted molar refractivity (Wildman–Crippen MR) is 81.5 cm³/mol. The molecule has 0 spiro atoms. The van der Waals surface area contributed by atoms with Crippen LogP contribution in [0.5, 0.6) is 0 Å². The maximum atomic E-state index is 12.2. The van der Waals surface area contributed by atoms with Gasteiger partial charge in [0, 0.05) is 17.6 Å². The second-order valence-corrected chi connectivity index (χ2v) is 5.92. The molecule has 20 heavy (non-hydrogen) atoms. The lowest BCUT2D eigenvalue weighted by molar-refractivity contribution is -0.133. The number of piperidine rings is 1. The first-order chi connectivity index (χ1) is 9.59. The van der Waals surface area contributed by atoms with Gasteiger partial charge in [-0.05, 0) is 54.2 Å². The lowest BCUT2D eigenvalue weighted by Gasteiger charge is -2.29. The summed E-state index contributed by atoms with van der Waals surface area (Å²) in [7, 11) is 0. The van der Waals surface area contributed by atoms with Gasteiger partial charge < -0.3 is 10.2 Å². The van der Waals surface area contributed by atoms with Gasteiger partial charge in [0.25, 0.3) is 5.91 Å². The number of carbonyl (C=O) groups is 2. The van der Waals surface area contributed by atoms with Crippen molar-refractivity contribution in [1.82, 2.24) is 10.2 Å². The van der Waals surface area contributed by atoms with E-state index in [4.69, 9.17) is 0 Å². The molecule has 1 fully saturated rings. The number of hydrogen-bond acceptors (Lipinski definition) is 2. The van der Waals surface area contributed by atoms with Crippen molar-refractivity contribution in [2.75, 3.05) is 13.1 Å². The summed E-state index contributed by atoms with van der Waals surface area (Å²) in [6.45, 7) is 3.34. The van der Waals surface area contributed by atoms with Gasteiger partial charge in [0.1, 0.15) is 6.04 Å². The molecule has 1 aliphatic rings. The summed E-state index contributed by atoms with van der Waals surface area (Å²) in [4.78, 5) is 26.2. The molecule has 2 amide bonds. The van der Waals surface area contributed by atoms with Crippen molar-refractivity contribution in [1.29, 1.82) is 0 Å². The van der Waals surface area contributed by atoms with E-state index < -0.39 is 6.04 Å². The molecular weight excluding hydrogens is 320 g/mol. The summed E-state index contributed by atoms with van der Waals surface area (Å²) in [5, 5.41) is 2.77. The topological polar surface area (TPSA) is 49.4 Å². The van der Waals surface area contributed by atoms with Crippen LogP contribution in [0.1, 0.15) is 36.5 Å². The Morgan fingerprint density at radius 3 is 2.50 bits per heavy atom. The van der Waals surface area contributed by atoms with E-state index in [1.165, 1.54) is 6.42 Å². The lowest BCUT2D eigenvalue weighted by atomic mass is 10.1. The Labute approximate surface area is 127 Å². The van der Waals surface area contributed by atoms with Crippen LogP contribution in [-0.2, 0) is 4.79 Å². The van der Waals surface area contributed by atoms with Gasteiger partial charge in [0.2, 0.25) is 5.91 Å². The van der Waals surface area contributed by atoms with Gasteiger partial charge in [-0.15, -0.1) is 0 Å². The molecule has 0 saturated carbocycles. The van der Waals surface area contributed by atoms with E-state index >= 15 is 0 Å². The average Bonchev–Trinajstić information content (AvgIpc) is 2.47. The molecule has 5 heteroatoms. The van der Waals surface area contributed by atoms with Gasteiger partial charge in [-0.2, -0.15) is 0 Å². The number of rotatable bonds is 3. The van der Waals surface area contributed by atoms with Crippen LogP contribution in [0.25, 0.3) is 0 Å². The van der Waals surface area contributed by atoms with Gasteiger partial charge in [-0.3, -0.25) is 9.59 Å². The Balaban J connectivity index is 1.97. The van der Waals surface area contributed by atoms with Crippen molar-refractivity contribution >= 4 is 27.7 Å². The summed E-state index contributed by atoms with van der Waals surface area (Å²) in [6, 6.07) is 6.71. The van der Waals surface area contributed by atoms with E-state index in [1.807, 2.05) is 17.0 Å². The number of benzene rings is 1. The molecular formula is C15H19BrN2O2. The van der Waals surface area contributed by atoms with Crippen LogP contribution in [0.2, 0.25) is 0 Å². The number of nitrogens with one attached hydrogen (secondary N) is 1. The summed E-state index contributed by atoms with van der Waals surface area (Å²) < 4.78 is 0.732. The fourth-order valence-corrected chi connectivity index (χ4v) is 2.83. The highest BCUT2D eigenvalue weighted by Crippen LogP contribution is 2.16. The Hall–Kier alpha value is -1.36. The standard InChI is InChI=1S/C15H19BrN2O2/c1-11(15(20)18-9-5-2-6-10-18)17-14(19)12-7-3-4-8-13(12)16/h3-4,7-8,11H,2,5-6,9-10H2,1H3,(H,17,19)/t11-/m1/s1. The van der Waals surface area contributed by atoms with Crippen LogP contribution in [0, 0.1) is 0 Å². The van der Waals surface area contributed by atoms with Crippen LogP contribution < -0.4 is 5.32 Å². The smallest absolute Gasteiger partial charge is 0.253 e. The van der Waals surface area contributed by atoms with Crippen molar-refractivity contribution in [2.45, 2.75) is 32.2 Å². The Morgan fingerprint density at radius 1 is 1.20 bits per heavy atom. The van der Waals surface area contributed by atoms with Crippen molar-refractivity contribution < 1.29 is 9.59 Å². The second kappa shape index (κ2) is 6.88. The van der Waals surface area contributed by atoms with Gasteiger partial charge in [0.15, 0.2) is 0 Å². The minimum atomic E-state index is -0.493. The third-order valence-electron chi connectivity index (χ3n) is 3.50. The average molecular weight is 339 g/mol. The van der Waals surface area contributed by atoms with Crippen molar-refractivity contribution in [3.8, 4) is 0 Å². The zero-order valence-electron chi connectivity index (χ0n) is 11.6. The Kier molecular flexibility index (Phi) is 5.17. The van der Waals surface area contributed by atoms with Crippen LogP contribution in [-0.4, -0.2) is 35.8 Å². The van der Waals surface area contributed by atoms with Crippen LogP contribution in [0.15, 0.2) is 28.7 Å². The molecule has 2 rings (SSSR count). The molecule has 1 aliphatic heterocycles. The van der Waals surface area contributed by atoms with Gasteiger partial charge in [-0.25, -0.2) is 0 Å². The quantitative estimate of drug-likeness (QED) is 0.920. The molecule has 4 nitrogen and oxygen atoms in total. The SMILES string of the molecule is C[C@@H](NC(=O)c1ccccc1Br)C(=O)N1CCCCC1. The molecule has 108 valence electrons. The number of nitrogens with zero attached hydrogens (tertiary/aromatic N) is 1. The Morgan fingerprint density at radius 2 is 1.85 bits per heavy atom. The first kappa shape index (κ1) is 15.0. The van der Waals surface area contributed by atoms with E-state index in [0.29, 0.717) is 5.56 Å². The van der Waals surface area contributed by atoms with E-state index in [0.717, 1.165) is 30.4 Å². The van der Waals surface area contributed by atoms with E-state index in [1.54, 1.807) is 19.1 Å². The minimum absolute atomic E-state index is 0.00473. The summed E-state index contributed by atoms with van der Waals surface area (Å²) >= 11 is 3.34. The van der Waals surface area contributed by atoms with Gasteiger partial charge in [-0.1, -0.05) is 12.1 Å². The highest BCUT2D eigenvalue weighted by Gasteiger charge is 2.24. The second-order valence-electron chi connectivity index (χ2n) is 5.06. The molecule has 0 aliphatic carbocycles. The number of halogens is 1.